The molecule has 0 bridgehead atoms. The van der Waals surface area contributed by atoms with Gasteiger partial charge in [0.2, 0.25) is 16.9 Å². The molecular formula is C19H25N5O2S2. The Morgan fingerprint density at radius 3 is 2.75 bits per heavy atom. The van der Waals surface area contributed by atoms with Crippen LogP contribution in [0.4, 0.5) is 10.8 Å². The normalized spacial score (nSPS) is 16.8. The lowest BCUT2D eigenvalue weighted by atomic mass is 10.1. The molecule has 0 aliphatic carbocycles. The van der Waals surface area contributed by atoms with Crippen LogP contribution in [0.25, 0.3) is 0 Å². The molecule has 1 fully saturated rings. The Bertz CT molecular complexity index is 795. The second-order valence-corrected chi connectivity index (χ2v) is 8.80. The summed E-state index contributed by atoms with van der Waals surface area (Å²) >= 11 is 3.02. The van der Waals surface area contributed by atoms with Gasteiger partial charge in [-0.1, -0.05) is 55.1 Å². The smallest absolute Gasteiger partial charge is 0.231 e. The number of hydrogen-bond donors (Lipinski definition) is 1. The summed E-state index contributed by atoms with van der Waals surface area (Å²) in [6, 6.07) is 9.43. The number of aromatic nitrogens is 2. The summed E-state index contributed by atoms with van der Waals surface area (Å²) in [4.78, 5) is 28.9. The third kappa shape index (κ3) is 5.30. The first-order valence-electron chi connectivity index (χ1n) is 9.45. The zero-order valence-electron chi connectivity index (χ0n) is 16.1. The highest BCUT2D eigenvalue weighted by Gasteiger charge is 2.35. The van der Waals surface area contributed by atoms with Gasteiger partial charge in [0, 0.05) is 31.0 Å². The number of nitrogens with zero attached hydrogens (tertiary/aromatic N) is 4. The van der Waals surface area contributed by atoms with Crippen molar-refractivity contribution in [1.29, 1.82) is 0 Å². The average molecular weight is 420 g/mol. The highest BCUT2D eigenvalue weighted by atomic mass is 32.2. The number of amides is 2. The van der Waals surface area contributed by atoms with Crippen LogP contribution in [0.2, 0.25) is 0 Å². The van der Waals surface area contributed by atoms with Crippen molar-refractivity contribution in [3.05, 3.63) is 30.3 Å². The zero-order valence-corrected chi connectivity index (χ0v) is 17.8. The number of thioether (sulfide) groups is 1. The highest BCUT2D eigenvalue weighted by molar-refractivity contribution is 8.01. The molecule has 0 unspecified atom stereocenters. The van der Waals surface area contributed by atoms with Crippen molar-refractivity contribution in [3.8, 4) is 0 Å². The molecule has 1 aromatic carbocycles. The van der Waals surface area contributed by atoms with Gasteiger partial charge in [-0.25, -0.2) is 0 Å². The second-order valence-electron chi connectivity index (χ2n) is 6.48. The SMILES string of the molecule is CCN(CC)CCSc1nnc(NC(=O)[C@@H]2CC(=O)N(c3ccccc3)C2)s1. The van der Waals surface area contributed by atoms with Gasteiger partial charge in [0.15, 0.2) is 4.34 Å². The van der Waals surface area contributed by atoms with Gasteiger partial charge >= 0.3 is 0 Å². The molecule has 1 N–H and O–H groups in total. The average Bonchev–Trinajstić information content (AvgIpc) is 3.32. The minimum absolute atomic E-state index is 0.0312. The molecule has 3 rings (SSSR count). The van der Waals surface area contributed by atoms with Gasteiger partial charge in [-0.05, 0) is 25.2 Å². The summed E-state index contributed by atoms with van der Waals surface area (Å²) in [6.07, 6.45) is 0.213. The maximum Gasteiger partial charge on any atom is 0.231 e. The summed E-state index contributed by atoms with van der Waals surface area (Å²) in [7, 11) is 0. The Balaban J connectivity index is 1.50. The fraction of sp³-hybridized carbons (Fsp3) is 0.474. The molecule has 9 heteroatoms. The number of para-hydroxylation sites is 1. The number of carbonyl (C=O) groups is 2. The van der Waals surface area contributed by atoms with E-state index < -0.39 is 0 Å². The van der Waals surface area contributed by atoms with Crippen molar-refractivity contribution in [2.75, 3.05) is 42.1 Å². The van der Waals surface area contributed by atoms with E-state index in [1.54, 1.807) is 16.7 Å². The Morgan fingerprint density at radius 2 is 2.04 bits per heavy atom. The van der Waals surface area contributed by atoms with Crippen molar-refractivity contribution in [3.63, 3.8) is 0 Å². The number of nitrogens with one attached hydrogen (secondary N) is 1. The second kappa shape index (κ2) is 9.99. The number of hydrogen-bond acceptors (Lipinski definition) is 7. The summed E-state index contributed by atoms with van der Waals surface area (Å²) in [5, 5.41) is 11.5. The quantitative estimate of drug-likeness (QED) is 0.497. The molecule has 28 heavy (non-hydrogen) atoms. The standard InChI is InChI=1S/C19H25N5O2S2/c1-3-23(4-2)10-11-27-19-22-21-18(28-19)20-17(26)14-12-16(25)24(13-14)15-8-6-5-7-9-15/h5-9,14H,3-4,10-13H2,1-2H3,(H,20,21,26)/t14-/m1/s1. The van der Waals surface area contributed by atoms with E-state index in [0.717, 1.165) is 35.4 Å². The van der Waals surface area contributed by atoms with E-state index in [0.29, 0.717) is 11.7 Å². The van der Waals surface area contributed by atoms with E-state index in [9.17, 15) is 9.59 Å². The molecule has 0 spiro atoms. The van der Waals surface area contributed by atoms with Crippen LogP contribution in [0.15, 0.2) is 34.7 Å². The molecule has 0 radical (unpaired) electrons. The van der Waals surface area contributed by atoms with Crippen molar-refractivity contribution in [2.45, 2.75) is 24.6 Å². The maximum absolute atomic E-state index is 12.6. The van der Waals surface area contributed by atoms with Crippen LogP contribution in [-0.2, 0) is 9.59 Å². The first-order valence-corrected chi connectivity index (χ1v) is 11.3. The number of rotatable bonds is 9. The predicted molar refractivity (Wildman–Crippen MR) is 114 cm³/mol. The van der Waals surface area contributed by atoms with Crippen LogP contribution < -0.4 is 10.2 Å². The summed E-state index contributed by atoms with van der Waals surface area (Å²) in [6.45, 7) is 7.76. The van der Waals surface area contributed by atoms with Crippen LogP contribution >= 0.6 is 23.1 Å². The van der Waals surface area contributed by atoms with E-state index in [4.69, 9.17) is 0 Å². The van der Waals surface area contributed by atoms with Crippen LogP contribution in [0.3, 0.4) is 0 Å². The molecule has 2 heterocycles. The molecule has 0 saturated carbocycles. The molecule has 7 nitrogen and oxygen atoms in total. The molecule has 1 atom stereocenters. The Kier molecular flexibility index (Phi) is 7.41. The topological polar surface area (TPSA) is 78.4 Å². The number of benzene rings is 1. The molecule has 2 amide bonds. The van der Waals surface area contributed by atoms with Gasteiger partial charge in [0.05, 0.1) is 5.92 Å². The van der Waals surface area contributed by atoms with Gasteiger partial charge in [-0.3, -0.25) is 9.59 Å². The van der Waals surface area contributed by atoms with Gasteiger partial charge in [-0.2, -0.15) is 0 Å². The number of carbonyl (C=O) groups excluding carboxylic acids is 2. The zero-order chi connectivity index (χ0) is 19.9. The summed E-state index contributed by atoms with van der Waals surface area (Å²) in [5.74, 6) is 0.349. The highest BCUT2D eigenvalue weighted by Crippen LogP contribution is 2.28. The minimum atomic E-state index is -0.379. The fourth-order valence-corrected chi connectivity index (χ4v) is 4.89. The largest absolute Gasteiger partial charge is 0.312 e. The first-order chi connectivity index (χ1) is 13.6. The van der Waals surface area contributed by atoms with E-state index in [-0.39, 0.29) is 24.2 Å². The Morgan fingerprint density at radius 1 is 1.29 bits per heavy atom. The van der Waals surface area contributed by atoms with Crippen LogP contribution in [0.1, 0.15) is 20.3 Å². The lowest BCUT2D eigenvalue weighted by Crippen LogP contribution is -2.28. The van der Waals surface area contributed by atoms with E-state index in [1.165, 1.54) is 11.3 Å². The minimum Gasteiger partial charge on any atom is -0.312 e. The van der Waals surface area contributed by atoms with Gasteiger partial charge in [0.25, 0.3) is 0 Å². The van der Waals surface area contributed by atoms with E-state index >= 15 is 0 Å². The van der Waals surface area contributed by atoms with Crippen LogP contribution in [-0.4, -0.2) is 58.8 Å². The summed E-state index contributed by atoms with van der Waals surface area (Å²) in [5.41, 5.74) is 0.825. The number of anilines is 2. The van der Waals surface area contributed by atoms with E-state index in [2.05, 4.69) is 34.3 Å². The molecule has 1 aliphatic rings. The van der Waals surface area contributed by atoms with E-state index in [1.807, 2.05) is 30.3 Å². The van der Waals surface area contributed by atoms with Gasteiger partial charge < -0.3 is 15.1 Å². The van der Waals surface area contributed by atoms with Gasteiger partial charge in [-0.15, -0.1) is 10.2 Å². The molecular weight excluding hydrogens is 394 g/mol. The third-order valence-electron chi connectivity index (χ3n) is 4.73. The molecule has 150 valence electrons. The monoisotopic (exact) mass is 419 g/mol. The fourth-order valence-electron chi connectivity index (χ4n) is 3.07. The Labute approximate surface area is 173 Å². The lowest BCUT2D eigenvalue weighted by Gasteiger charge is -2.16. The maximum atomic E-state index is 12.6. The van der Waals surface area contributed by atoms with Gasteiger partial charge in [0.1, 0.15) is 0 Å². The molecule has 1 aromatic heterocycles. The van der Waals surface area contributed by atoms with Crippen molar-refractivity contribution in [1.82, 2.24) is 15.1 Å². The van der Waals surface area contributed by atoms with Crippen molar-refractivity contribution in [2.24, 2.45) is 5.92 Å². The summed E-state index contributed by atoms with van der Waals surface area (Å²) < 4.78 is 0.843. The van der Waals surface area contributed by atoms with Crippen LogP contribution in [0.5, 0.6) is 0 Å². The molecule has 1 aliphatic heterocycles. The Hall–Kier alpha value is -1.97. The first kappa shape index (κ1) is 20.8. The molecule has 2 aromatic rings. The van der Waals surface area contributed by atoms with Crippen molar-refractivity contribution >= 4 is 45.7 Å². The third-order valence-corrected chi connectivity index (χ3v) is 6.68. The molecule has 1 saturated heterocycles. The predicted octanol–water partition coefficient (Wildman–Crippen LogP) is 2.96. The van der Waals surface area contributed by atoms with Crippen molar-refractivity contribution < 1.29 is 9.59 Å². The van der Waals surface area contributed by atoms with Crippen LogP contribution in [0, 0.1) is 5.92 Å². The lowest BCUT2D eigenvalue weighted by molar-refractivity contribution is -0.122.